The van der Waals surface area contributed by atoms with Crippen molar-refractivity contribution in [3.63, 3.8) is 0 Å². The van der Waals surface area contributed by atoms with Gasteiger partial charge < -0.3 is 10.3 Å². The fourth-order valence-electron chi connectivity index (χ4n) is 3.93. The molecule has 7 heteroatoms. The topological polar surface area (TPSA) is 88.5 Å². The molecule has 0 radical (unpaired) electrons. The number of H-pyrrole nitrogens is 1. The second-order valence-corrected chi connectivity index (χ2v) is 6.75. The van der Waals surface area contributed by atoms with E-state index in [1.54, 1.807) is 6.07 Å². The SMILES string of the molecule is O=C(NC1CCCc2c1[nH]c1ccccc21)c1ccccc1-n1cnnn1. The largest absolute Gasteiger partial charge is 0.356 e. The van der Waals surface area contributed by atoms with Gasteiger partial charge in [-0.3, -0.25) is 4.79 Å². The van der Waals surface area contributed by atoms with E-state index in [0.29, 0.717) is 11.3 Å². The van der Waals surface area contributed by atoms with Crippen LogP contribution in [0.2, 0.25) is 0 Å². The van der Waals surface area contributed by atoms with Gasteiger partial charge in [-0.2, -0.15) is 4.68 Å². The van der Waals surface area contributed by atoms with Crippen LogP contribution in [0.1, 0.15) is 40.5 Å². The third kappa shape index (κ3) is 2.68. The highest BCUT2D eigenvalue weighted by Crippen LogP contribution is 2.34. The van der Waals surface area contributed by atoms with Crippen LogP contribution in [0, 0.1) is 0 Å². The average Bonchev–Trinajstić information content (AvgIpc) is 3.36. The van der Waals surface area contributed by atoms with Gasteiger partial charge >= 0.3 is 0 Å². The molecular weight excluding hydrogens is 340 g/mol. The highest BCUT2D eigenvalue weighted by molar-refractivity contribution is 5.98. The van der Waals surface area contributed by atoms with E-state index in [2.05, 4.69) is 44.0 Å². The maximum atomic E-state index is 13.0. The van der Waals surface area contributed by atoms with Crippen molar-refractivity contribution in [3.8, 4) is 5.69 Å². The Bertz CT molecular complexity index is 1110. The molecule has 2 aromatic carbocycles. The molecule has 0 saturated carbocycles. The van der Waals surface area contributed by atoms with Crippen molar-refractivity contribution in [2.75, 3.05) is 0 Å². The fraction of sp³-hybridized carbons (Fsp3) is 0.200. The Kier molecular flexibility index (Phi) is 3.71. The summed E-state index contributed by atoms with van der Waals surface area (Å²) in [6, 6.07) is 15.6. The highest BCUT2D eigenvalue weighted by Gasteiger charge is 2.26. The zero-order valence-electron chi connectivity index (χ0n) is 14.6. The number of carbonyl (C=O) groups excluding carboxylic acids is 1. The van der Waals surface area contributed by atoms with Crippen molar-refractivity contribution >= 4 is 16.8 Å². The van der Waals surface area contributed by atoms with Crippen LogP contribution in [0.3, 0.4) is 0 Å². The summed E-state index contributed by atoms with van der Waals surface area (Å²) in [6.07, 6.45) is 4.49. The van der Waals surface area contributed by atoms with Gasteiger partial charge in [0.25, 0.3) is 5.91 Å². The Hall–Kier alpha value is -3.48. The van der Waals surface area contributed by atoms with Gasteiger partial charge in [-0.15, -0.1) is 5.10 Å². The van der Waals surface area contributed by atoms with Crippen LogP contribution >= 0.6 is 0 Å². The molecule has 0 saturated heterocycles. The lowest BCUT2D eigenvalue weighted by Gasteiger charge is -2.24. The first-order valence-electron chi connectivity index (χ1n) is 9.04. The van der Waals surface area contributed by atoms with E-state index < -0.39 is 0 Å². The Morgan fingerprint density at radius 2 is 2.00 bits per heavy atom. The van der Waals surface area contributed by atoms with Crippen molar-refractivity contribution in [2.24, 2.45) is 0 Å². The number of hydrogen-bond donors (Lipinski definition) is 2. The summed E-state index contributed by atoms with van der Waals surface area (Å²) < 4.78 is 1.50. The van der Waals surface area contributed by atoms with Crippen LogP contribution in [0.4, 0.5) is 0 Å². The van der Waals surface area contributed by atoms with Crippen molar-refractivity contribution in [3.05, 3.63) is 71.7 Å². The number of hydrogen-bond acceptors (Lipinski definition) is 4. The molecule has 1 atom stereocenters. The lowest BCUT2D eigenvalue weighted by molar-refractivity contribution is 0.0932. The Balaban J connectivity index is 1.48. The molecule has 1 aliphatic rings. The van der Waals surface area contributed by atoms with E-state index in [0.717, 1.165) is 30.5 Å². The summed E-state index contributed by atoms with van der Waals surface area (Å²) in [6.45, 7) is 0. The monoisotopic (exact) mass is 358 g/mol. The van der Waals surface area contributed by atoms with E-state index >= 15 is 0 Å². The van der Waals surface area contributed by atoms with Gasteiger partial charge in [-0.05, 0) is 53.5 Å². The minimum atomic E-state index is -0.127. The standard InChI is InChI=1S/C20H18N6O/c27-20(15-7-2-4-11-18(15)26-12-21-24-25-26)23-17-10-5-8-14-13-6-1-3-9-16(13)22-19(14)17/h1-4,6-7,9,11-12,17,22H,5,8,10H2,(H,23,27). The molecule has 2 heterocycles. The molecule has 4 aromatic rings. The number of tetrazole rings is 1. The van der Waals surface area contributed by atoms with Crippen molar-refractivity contribution < 1.29 is 4.79 Å². The Morgan fingerprint density at radius 1 is 1.15 bits per heavy atom. The molecule has 5 rings (SSSR count). The summed E-state index contributed by atoms with van der Waals surface area (Å²) in [5.74, 6) is -0.127. The van der Waals surface area contributed by atoms with Gasteiger partial charge in [0, 0.05) is 16.6 Å². The summed E-state index contributed by atoms with van der Waals surface area (Å²) in [5.41, 5.74) is 4.77. The number of aromatic nitrogens is 5. The zero-order chi connectivity index (χ0) is 18.2. The van der Waals surface area contributed by atoms with E-state index in [4.69, 9.17) is 0 Å². The third-order valence-corrected chi connectivity index (χ3v) is 5.16. The second-order valence-electron chi connectivity index (χ2n) is 6.75. The number of nitrogens with zero attached hydrogens (tertiary/aromatic N) is 4. The van der Waals surface area contributed by atoms with E-state index in [-0.39, 0.29) is 11.9 Å². The number of fused-ring (bicyclic) bond motifs is 3. The molecule has 0 spiro atoms. The maximum Gasteiger partial charge on any atom is 0.254 e. The molecule has 0 aliphatic heterocycles. The quantitative estimate of drug-likeness (QED) is 0.589. The first-order valence-corrected chi connectivity index (χ1v) is 9.04. The summed E-state index contributed by atoms with van der Waals surface area (Å²) in [5, 5.41) is 15.7. The third-order valence-electron chi connectivity index (χ3n) is 5.16. The van der Waals surface area contributed by atoms with E-state index in [1.807, 2.05) is 24.3 Å². The molecule has 134 valence electrons. The lowest BCUT2D eigenvalue weighted by atomic mass is 9.91. The van der Waals surface area contributed by atoms with Gasteiger partial charge in [-0.25, -0.2) is 0 Å². The van der Waals surface area contributed by atoms with Crippen LogP contribution in [-0.2, 0) is 6.42 Å². The van der Waals surface area contributed by atoms with Crippen molar-refractivity contribution in [1.82, 2.24) is 30.5 Å². The Morgan fingerprint density at radius 3 is 2.89 bits per heavy atom. The highest BCUT2D eigenvalue weighted by atomic mass is 16.1. The smallest absolute Gasteiger partial charge is 0.254 e. The molecule has 27 heavy (non-hydrogen) atoms. The number of rotatable bonds is 3. The summed E-state index contributed by atoms with van der Waals surface area (Å²) >= 11 is 0. The lowest BCUT2D eigenvalue weighted by Crippen LogP contribution is -2.31. The minimum absolute atomic E-state index is 0.0319. The van der Waals surface area contributed by atoms with Crippen LogP contribution in [0.15, 0.2) is 54.9 Å². The van der Waals surface area contributed by atoms with Crippen LogP contribution in [-0.4, -0.2) is 31.1 Å². The van der Waals surface area contributed by atoms with Crippen LogP contribution in [0.5, 0.6) is 0 Å². The van der Waals surface area contributed by atoms with Gasteiger partial charge in [0.1, 0.15) is 6.33 Å². The van der Waals surface area contributed by atoms with Gasteiger partial charge in [0.05, 0.1) is 17.3 Å². The van der Waals surface area contributed by atoms with E-state index in [1.165, 1.54) is 22.0 Å². The molecule has 0 bridgehead atoms. The molecule has 0 fully saturated rings. The first-order chi connectivity index (χ1) is 13.3. The van der Waals surface area contributed by atoms with E-state index in [9.17, 15) is 4.79 Å². The fourth-order valence-corrected chi connectivity index (χ4v) is 3.93. The predicted molar refractivity (Wildman–Crippen MR) is 101 cm³/mol. The number of aryl methyl sites for hydroxylation is 1. The van der Waals surface area contributed by atoms with Crippen molar-refractivity contribution in [1.29, 1.82) is 0 Å². The average molecular weight is 358 g/mol. The predicted octanol–water partition coefficient (Wildman–Crippen LogP) is 2.95. The molecule has 1 unspecified atom stereocenters. The number of carbonyl (C=O) groups is 1. The summed E-state index contributed by atoms with van der Waals surface area (Å²) in [7, 11) is 0. The van der Waals surface area contributed by atoms with Crippen LogP contribution < -0.4 is 5.32 Å². The number of nitrogens with one attached hydrogen (secondary N) is 2. The number of benzene rings is 2. The molecule has 7 nitrogen and oxygen atoms in total. The Labute approximate surface area is 155 Å². The normalized spacial score (nSPS) is 16.2. The molecule has 2 aromatic heterocycles. The molecule has 2 N–H and O–H groups in total. The van der Waals surface area contributed by atoms with Gasteiger partial charge in [-0.1, -0.05) is 30.3 Å². The number of aromatic amines is 1. The van der Waals surface area contributed by atoms with Crippen LogP contribution in [0.25, 0.3) is 16.6 Å². The zero-order valence-corrected chi connectivity index (χ0v) is 14.6. The molecular formula is C20H18N6O. The molecule has 1 aliphatic carbocycles. The van der Waals surface area contributed by atoms with Crippen molar-refractivity contribution in [2.45, 2.75) is 25.3 Å². The maximum absolute atomic E-state index is 13.0. The molecule has 1 amide bonds. The number of para-hydroxylation sites is 2. The minimum Gasteiger partial charge on any atom is -0.356 e. The van der Waals surface area contributed by atoms with Gasteiger partial charge in [0.2, 0.25) is 0 Å². The number of amides is 1. The first kappa shape index (κ1) is 15.7. The van der Waals surface area contributed by atoms with Gasteiger partial charge in [0.15, 0.2) is 0 Å². The summed E-state index contributed by atoms with van der Waals surface area (Å²) in [4.78, 5) is 16.6. The second kappa shape index (κ2) is 6.35.